The lowest BCUT2D eigenvalue weighted by Crippen LogP contribution is -2.52. The summed E-state index contributed by atoms with van der Waals surface area (Å²) in [5.74, 6) is 0. The first-order valence-electron chi connectivity index (χ1n) is 6.06. The molecule has 0 aliphatic carbocycles. The predicted molar refractivity (Wildman–Crippen MR) is 73.6 cm³/mol. The molecule has 4 heteroatoms. The third-order valence-corrected chi connectivity index (χ3v) is 4.03. The van der Waals surface area contributed by atoms with E-state index >= 15 is 0 Å². The number of hydrogen-bond acceptors (Lipinski definition) is 3. The van der Waals surface area contributed by atoms with Crippen LogP contribution in [0.25, 0.3) is 0 Å². The Morgan fingerprint density at radius 3 is 2.88 bits per heavy atom. The fraction of sp³-hybridized carbons (Fsp3) is 0.615. The van der Waals surface area contributed by atoms with Crippen LogP contribution in [0.3, 0.4) is 0 Å². The van der Waals surface area contributed by atoms with Crippen LogP contribution in [0.4, 0.5) is 0 Å². The van der Waals surface area contributed by atoms with Gasteiger partial charge in [-0.15, -0.1) is 0 Å². The largest absolute Gasteiger partial charge is 0.327 e. The van der Waals surface area contributed by atoms with Gasteiger partial charge in [0.15, 0.2) is 0 Å². The summed E-state index contributed by atoms with van der Waals surface area (Å²) in [6, 6.07) is 4.44. The summed E-state index contributed by atoms with van der Waals surface area (Å²) in [6.45, 7) is 7.54. The Bertz CT molecular complexity index is 375. The molecule has 17 heavy (non-hydrogen) atoms. The highest BCUT2D eigenvalue weighted by molar-refractivity contribution is 9.10. The number of halogens is 1. The summed E-state index contributed by atoms with van der Waals surface area (Å²) >= 11 is 3.40. The van der Waals surface area contributed by atoms with Gasteiger partial charge in [-0.3, -0.25) is 9.88 Å². The van der Waals surface area contributed by atoms with Gasteiger partial charge in [0.05, 0.1) is 5.69 Å². The smallest absolute Gasteiger partial charge is 0.0544 e. The monoisotopic (exact) mass is 297 g/mol. The van der Waals surface area contributed by atoms with Crippen molar-refractivity contribution in [3.05, 3.63) is 28.5 Å². The Morgan fingerprint density at radius 2 is 2.29 bits per heavy atom. The van der Waals surface area contributed by atoms with Crippen molar-refractivity contribution in [1.29, 1.82) is 0 Å². The van der Waals surface area contributed by atoms with E-state index in [1.54, 1.807) is 0 Å². The minimum Gasteiger partial charge on any atom is -0.327 e. The zero-order valence-electron chi connectivity index (χ0n) is 10.5. The van der Waals surface area contributed by atoms with E-state index in [1.807, 2.05) is 12.3 Å². The molecule has 1 aromatic rings. The highest BCUT2D eigenvalue weighted by Crippen LogP contribution is 2.28. The number of hydrogen-bond donors (Lipinski definition) is 1. The van der Waals surface area contributed by atoms with Crippen LogP contribution in [0.5, 0.6) is 0 Å². The van der Waals surface area contributed by atoms with Gasteiger partial charge in [0.1, 0.15) is 0 Å². The van der Waals surface area contributed by atoms with Crippen LogP contribution in [0.2, 0.25) is 0 Å². The fourth-order valence-corrected chi connectivity index (χ4v) is 2.58. The van der Waals surface area contributed by atoms with Crippen molar-refractivity contribution in [2.45, 2.75) is 32.9 Å². The summed E-state index contributed by atoms with van der Waals surface area (Å²) < 4.78 is 1.03. The van der Waals surface area contributed by atoms with Gasteiger partial charge in [-0.05, 0) is 39.9 Å². The lowest BCUT2D eigenvalue weighted by molar-refractivity contribution is 0.0889. The van der Waals surface area contributed by atoms with Crippen LogP contribution in [0.1, 0.15) is 26.0 Å². The average molecular weight is 298 g/mol. The van der Waals surface area contributed by atoms with Gasteiger partial charge in [0, 0.05) is 36.3 Å². The Kier molecular flexibility index (Phi) is 3.85. The predicted octanol–water partition coefficient (Wildman–Crippen LogP) is 2.40. The van der Waals surface area contributed by atoms with E-state index in [0.717, 1.165) is 36.2 Å². The first kappa shape index (κ1) is 13.0. The molecule has 94 valence electrons. The van der Waals surface area contributed by atoms with Crippen molar-refractivity contribution in [2.75, 3.05) is 13.1 Å². The van der Waals surface area contributed by atoms with Gasteiger partial charge in [-0.2, -0.15) is 0 Å². The molecule has 2 heterocycles. The van der Waals surface area contributed by atoms with E-state index < -0.39 is 0 Å². The van der Waals surface area contributed by atoms with Crippen molar-refractivity contribution in [1.82, 2.24) is 9.88 Å². The maximum absolute atomic E-state index is 6.14. The second-order valence-electron chi connectivity index (χ2n) is 5.56. The third-order valence-electron chi connectivity index (χ3n) is 3.57. The zero-order valence-corrected chi connectivity index (χ0v) is 12.1. The quantitative estimate of drug-likeness (QED) is 0.911. The van der Waals surface area contributed by atoms with E-state index in [9.17, 15) is 0 Å². The van der Waals surface area contributed by atoms with Crippen molar-refractivity contribution in [3.63, 3.8) is 0 Å². The third kappa shape index (κ3) is 3.27. The topological polar surface area (TPSA) is 42.2 Å². The molecule has 1 fully saturated rings. The Morgan fingerprint density at radius 1 is 1.53 bits per heavy atom. The molecule has 1 aliphatic heterocycles. The molecule has 2 N–H and O–H groups in total. The van der Waals surface area contributed by atoms with Crippen molar-refractivity contribution in [3.8, 4) is 0 Å². The Balaban J connectivity index is 1.98. The summed E-state index contributed by atoms with van der Waals surface area (Å²) in [5.41, 5.74) is 7.47. The summed E-state index contributed by atoms with van der Waals surface area (Å²) in [4.78, 5) is 6.86. The standard InChI is InChI=1S/C13H20BrN3/c1-13(2)9-17(6-5-12(13)15)8-11-4-3-10(14)7-16-11/h3-4,7,12H,5-6,8-9,15H2,1-2H3. The lowest BCUT2D eigenvalue weighted by Gasteiger charge is -2.42. The molecule has 0 radical (unpaired) electrons. The van der Waals surface area contributed by atoms with E-state index in [4.69, 9.17) is 5.73 Å². The van der Waals surface area contributed by atoms with Crippen molar-refractivity contribution < 1.29 is 0 Å². The fourth-order valence-electron chi connectivity index (χ4n) is 2.35. The number of likely N-dealkylation sites (tertiary alicyclic amines) is 1. The average Bonchev–Trinajstić information content (AvgIpc) is 2.26. The zero-order chi connectivity index (χ0) is 12.5. The molecule has 0 spiro atoms. The number of piperidine rings is 1. The van der Waals surface area contributed by atoms with E-state index in [0.29, 0.717) is 6.04 Å². The molecule has 1 aromatic heterocycles. The number of pyridine rings is 1. The van der Waals surface area contributed by atoms with Crippen LogP contribution in [0, 0.1) is 5.41 Å². The van der Waals surface area contributed by atoms with Gasteiger partial charge < -0.3 is 5.73 Å². The summed E-state index contributed by atoms with van der Waals surface area (Å²) in [6.07, 6.45) is 2.93. The van der Waals surface area contributed by atoms with Crippen LogP contribution in [-0.4, -0.2) is 29.0 Å². The highest BCUT2D eigenvalue weighted by Gasteiger charge is 2.33. The van der Waals surface area contributed by atoms with Crippen LogP contribution in [-0.2, 0) is 6.54 Å². The molecular formula is C13H20BrN3. The summed E-state index contributed by atoms with van der Waals surface area (Å²) in [7, 11) is 0. The minimum absolute atomic E-state index is 0.202. The van der Waals surface area contributed by atoms with Gasteiger partial charge >= 0.3 is 0 Å². The summed E-state index contributed by atoms with van der Waals surface area (Å²) in [5, 5.41) is 0. The first-order valence-corrected chi connectivity index (χ1v) is 6.85. The number of nitrogens with zero attached hydrogens (tertiary/aromatic N) is 2. The molecule has 2 rings (SSSR count). The van der Waals surface area contributed by atoms with E-state index in [1.165, 1.54) is 0 Å². The maximum atomic E-state index is 6.14. The van der Waals surface area contributed by atoms with Crippen molar-refractivity contribution in [2.24, 2.45) is 11.1 Å². The number of nitrogens with two attached hydrogens (primary N) is 1. The maximum Gasteiger partial charge on any atom is 0.0544 e. The highest BCUT2D eigenvalue weighted by atomic mass is 79.9. The molecule has 1 saturated heterocycles. The SMILES string of the molecule is CC1(C)CN(Cc2ccc(Br)cn2)CCC1N. The normalized spacial score (nSPS) is 24.8. The molecule has 1 atom stereocenters. The molecule has 1 aliphatic rings. The second-order valence-corrected chi connectivity index (χ2v) is 6.48. The van der Waals surface area contributed by atoms with Gasteiger partial charge in [0.2, 0.25) is 0 Å². The molecule has 1 unspecified atom stereocenters. The van der Waals surface area contributed by atoms with E-state index in [-0.39, 0.29) is 5.41 Å². The van der Waals surface area contributed by atoms with Crippen LogP contribution >= 0.6 is 15.9 Å². The molecule has 3 nitrogen and oxygen atoms in total. The van der Waals surface area contributed by atoms with E-state index in [2.05, 4.69) is 45.7 Å². The molecule has 0 amide bonds. The minimum atomic E-state index is 0.202. The van der Waals surface area contributed by atoms with Crippen LogP contribution < -0.4 is 5.73 Å². The number of rotatable bonds is 2. The molecule has 0 bridgehead atoms. The second kappa shape index (κ2) is 5.04. The van der Waals surface area contributed by atoms with Gasteiger partial charge in [-0.1, -0.05) is 13.8 Å². The number of aromatic nitrogens is 1. The Labute approximate surface area is 112 Å². The van der Waals surface area contributed by atoms with Gasteiger partial charge in [-0.25, -0.2) is 0 Å². The van der Waals surface area contributed by atoms with Crippen molar-refractivity contribution >= 4 is 15.9 Å². The Hall–Kier alpha value is -0.450. The molecule has 0 aromatic carbocycles. The molecule has 0 saturated carbocycles. The first-order chi connectivity index (χ1) is 7.97. The lowest BCUT2D eigenvalue weighted by atomic mass is 9.79. The van der Waals surface area contributed by atoms with Gasteiger partial charge in [0.25, 0.3) is 0 Å². The molecular weight excluding hydrogens is 278 g/mol. The van der Waals surface area contributed by atoms with Crippen LogP contribution in [0.15, 0.2) is 22.8 Å².